The molecule has 0 bridgehead atoms. The third-order valence-electron chi connectivity index (χ3n) is 3.16. The minimum Gasteiger partial charge on any atom is -0.445 e. The van der Waals surface area contributed by atoms with E-state index in [9.17, 15) is 4.79 Å². The molecule has 0 fully saturated rings. The van der Waals surface area contributed by atoms with Crippen molar-refractivity contribution in [1.29, 1.82) is 5.26 Å². The number of hydrogen-bond acceptors (Lipinski definition) is 5. The number of hydrogen-bond donors (Lipinski definition) is 2. The second-order valence-electron chi connectivity index (χ2n) is 4.99. The van der Waals surface area contributed by atoms with Gasteiger partial charge < -0.3 is 15.8 Å². The number of amides is 1. The first-order chi connectivity index (χ1) is 11.7. The summed E-state index contributed by atoms with van der Waals surface area (Å²) in [7, 11) is 0. The van der Waals surface area contributed by atoms with Gasteiger partial charge in [0.25, 0.3) is 0 Å². The lowest BCUT2D eigenvalue weighted by molar-refractivity contribution is 0.140. The number of alkyl carbamates (subject to hydrolysis) is 1. The van der Waals surface area contributed by atoms with Crippen molar-refractivity contribution in [2.24, 2.45) is 0 Å². The van der Waals surface area contributed by atoms with Crippen LogP contribution < -0.4 is 11.1 Å². The van der Waals surface area contributed by atoms with Gasteiger partial charge in [-0.1, -0.05) is 42.5 Å². The number of nitrogen functional groups attached to an aromatic ring is 1. The molecule has 0 unspecified atom stereocenters. The number of nitrogens with two attached hydrogens (primary N) is 1. The summed E-state index contributed by atoms with van der Waals surface area (Å²) in [6, 6.07) is 13.1. The molecule has 122 valence electrons. The lowest BCUT2D eigenvalue weighted by Crippen LogP contribution is -2.24. The van der Waals surface area contributed by atoms with E-state index in [1.54, 1.807) is 12.3 Å². The zero-order chi connectivity index (χ0) is 17.2. The number of carbonyl (C=O) groups excluding carboxylic acids is 1. The highest BCUT2D eigenvalue weighted by Crippen LogP contribution is 2.10. The molecule has 3 N–H and O–H groups in total. The first kappa shape index (κ1) is 17.0. The average Bonchev–Trinajstić information content (AvgIpc) is 2.62. The summed E-state index contributed by atoms with van der Waals surface area (Å²) >= 11 is 0. The number of nitriles is 1. The molecule has 2 rings (SSSR count). The molecule has 0 saturated heterocycles. The Morgan fingerprint density at radius 2 is 2.17 bits per heavy atom. The van der Waals surface area contributed by atoms with Gasteiger partial charge >= 0.3 is 6.09 Å². The number of aromatic nitrogens is 1. The summed E-state index contributed by atoms with van der Waals surface area (Å²) in [4.78, 5) is 15.5. The number of nitrogens with zero attached hydrogens (tertiary/aromatic N) is 2. The van der Waals surface area contributed by atoms with Gasteiger partial charge in [-0.25, -0.2) is 9.78 Å². The van der Waals surface area contributed by atoms with Gasteiger partial charge in [-0.3, -0.25) is 0 Å². The molecule has 24 heavy (non-hydrogen) atoms. The van der Waals surface area contributed by atoms with E-state index in [4.69, 9.17) is 15.7 Å². The Balaban J connectivity index is 1.69. The first-order valence-corrected chi connectivity index (χ1v) is 7.46. The molecule has 1 aromatic heterocycles. The third-order valence-corrected chi connectivity index (χ3v) is 3.16. The minimum absolute atomic E-state index is 0.220. The van der Waals surface area contributed by atoms with E-state index in [2.05, 4.69) is 10.3 Å². The second kappa shape index (κ2) is 8.96. The van der Waals surface area contributed by atoms with E-state index in [-0.39, 0.29) is 12.4 Å². The van der Waals surface area contributed by atoms with Crippen molar-refractivity contribution < 1.29 is 9.53 Å². The molecule has 0 radical (unpaired) electrons. The van der Waals surface area contributed by atoms with Gasteiger partial charge in [-0.15, -0.1) is 0 Å². The van der Waals surface area contributed by atoms with Crippen LogP contribution in [0.1, 0.15) is 23.1 Å². The van der Waals surface area contributed by atoms with E-state index in [1.165, 1.54) is 0 Å². The van der Waals surface area contributed by atoms with Gasteiger partial charge in [-0.2, -0.15) is 5.26 Å². The predicted octanol–water partition coefficient (Wildman–Crippen LogP) is 2.87. The lowest BCUT2D eigenvalue weighted by atomic mass is 10.2. The molecule has 0 aliphatic heterocycles. The lowest BCUT2D eigenvalue weighted by Gasteiger charge is -2.05. The molecule has 1 aromatic carbocycles. The van der Waals surface area contributed by atoms with Crippen LogP contribution in [-0.4, -0.2) is 17.6 Å². The summed E-state index contributed by atoms with van der Waals surface area (Å²) in [6.45, 7) is 0.703. The monoisotopic (exact) mass is 322 g/mol. The van der Waals surface area contributed by atoms with E-state index >= 15 is 0 Å². The van der Waals surface area contributed by atoms with E-state index < -0.39 is 6.09 Å². The molecule has 0 aliphatic carbocycles. The van der Waals surface area contributed by atoms with Crippen LogP contribution in [0.3, 0.4) is 0 Å². The molecule has 2 aromatic rings. The van der Waals surface area contributed by atoms with E-state index in [1.807, 2.05) is 48.6 Å². The SMILES string of the molecule is N#Cc1cc(C=CCCNC(=O)OCc2ccccc2)cnc1N. The number of pyridine rings is 1. The molecule has 1 heterocycles. The molecular weight excluding hydrogens is 304 g/mol. The third kappa shape index (κ3) is 5.46. The second-order valence-corrected chi connectivity index (χ2v) is 4.99. The van der Waals surface area contributed by atoms with Crippen LogP contribution in [-0.2, 0) is 11.3 Å². The van der Waals surface area contributed by atoms with Crippen LogP contribution in [0.2, 0.25) is 0 Å². The Bertz CT molecular complexity index is 751. The molecule has 0 saturated carbocycles. The van der Waals surface area contributed by atoms with Gasteiger partial charge in [0.15, 0.2) is 0 Å². The van der Waals surface area contributed by atoms with Crippen molar-refractivity contribution in [1.82, 2.24) is 10.3 Å². The van der Waals surface area contributed by atoms with Gasteiger partial charge in [-0.05, 0) is 23.6 Å². The summed E-state index contributed by atoms with van der Waals surface area (Å²) in [5.74, 6) is 0.220. The fourth-order valence-corrected chi connectivity index (χ4v) is 1.92. The van der Waals surface area contributed by atoms with Crippen LogP contribution in [0.25, 0.3) is 6.08 Å². The maximum Gasteiger partial charge on any atom is 0.407 e. The molecule has 6 heteroatoms. The first-order valence-electron chi connectivity index (χ1n) is 7.46. The van der Waals surface area contributed by atoms with Gasteiger partial charge in [0.2, 0.25) is 0 Å². The Morgan fingerprint density at radius 3 is 2.92 bits per heavy atom. The number of benzene rings is 1. The summed E-state index contributed by atoms with van der Waals surface area (Å²) < 4.78 is 5.10. The number of nitrogens with one attached hydrogen (secondary N) is 1. The highest BCUT2D eigenvalue weighted by Gasteiger charge is 2.01. The van der Waals surface area contributed by atoms with Crippen LogP contribution >= 0.6 is 0 Å². The number of anilines is 1. The number of carbonyl (C=O) groups is 1. The zero-order valence-corrected chi connectivity index (χ0v) is 13.1. The summed E-state index contributed by atoms with van der Waals surface area (Å²) in [5, 5.41) is 11.6. The molecule has 0 spiro atoms. The molecular formula is C18H18N4O2. The highest BCUT2D eigenvalue weighted by molar-refractivity contribution is 5.67. The van der Waals surface area contributed by atoms with Gasteiger partial charge in [0.1, 0.15) is 18.5 Å². The highest BCUT2D eigenvalue weighted by atomic mass is 16.5. The van der Waals surface area contributed by atoms with Crippen LogP contribution in [0.15, 0.2) is 48.7 Å². The number of ether oxygens (including phenoxy) is 1. The zero-order valence-electron chi connectivity index (χ0n) is 13.1. The Hall–Kier alpha value is -3.33. The topological polar surface area (TPSA) is 101 Å². The van der Waals surface area contributed by atoms with Crippen LogP contribution in [0, 0.1) is 11.3 Å². The Morgan fingerprint density at radius 1 is 1.38 bits per heavy atom. The average molecular weight is 322 g/mol. The van der Waals surface area contributed by atoms with E-state index in [0.29, 0.717) is 18.5 Å². The standard InChI is InChI=1S/C18H18N4O2/c19-11-16-10-15(12-22-17(16)20)8-4-5-9-21-18(23)24-13-14-6-2-1-3-7-14/h1-4,6-8,10,12H,5,9,13H2,(H2,20,22)(H,21,23). The van der Waals surface area contributed by atoms with Crippen molar-refractivity contribution >= 4 is 18.0 Å². The summed E-state index contributed by atoms with van der Waals surface area (Å²) in [5.41, 5.74) is 7.63. The van der Waals surface area contributed by atoms with Crippen molar-refractivity contribution in [3.05, 3.63) is 65.4 Å². The minimum atomic E-state index is -0.451. The van der Waals surface area contributed by atoms with Gasteiger partial charge in [0.05, 0.1) is 5.56 Å². The van der Waals surface area contributed by atoms with Gasteiger partial charge in [0, 0.05) is 12.7 Å². The molecule has 0 atom stereocenters. The van der Waals surface area contributed by atoms with Crippen molar-refractivity contribution in [3.63, 3.8) is 0 Å². The molecule has 1 amide bonds. The van der Waals surface area contributed by atoms with Crippen LogP contribution in [0.4, 0.5) is 10.6 Å². The summed E-state index contributed by atoms with van der Waals surface area (Å²) in [6.07, 6.45) is 5.48. The quantitative estimate of drug-likeness (QED) is 0.796. The fourth-order valence-electron chi connectivity index (χ4n) is 1.92. The smallest absolute Gasteiger partial charge is 0.407 e. The predicted molar refractivity (Wildman–Crippen MR) is 91.6 cm³/mol. The van der Waals surface area contributed by atoms with Crippen molar-refractivity contribution in [3.8, 4) is 6.07 Å². The maximum atomic E-state index is 11.6. The van der Waals surface area contributed by atoms with Crippen molar-refractivity contribution in [2.75, 3.05) is 12.3 Å². The largest absolute Gasteiger partial charge is 0.445 e. The van der Waals surface area contributed by atoms with E-state index in [0.717, 1.165) is 11.1 Å². The fraction of sp³-hybridized carbons (Fsp3) is 0.167. The number of rotatable bonds is 6. The maximum absolute atomic E-state index is 11.6. The Labute approximate surface area is 140 Å². The van der Waals surface area contributed by atoms with Crippen LogP contribution in [0.5, 0.6) is 0 Å². The Kier molecular flexibility index (Phi) is 6.35. The molecule has 0 aliphatic rings. The van der Waals surface area contributed by atoms with Crippen molar-refractivity contribution in [2.45, 2.75) is 13.0 Å². The normalized spacial score (nSPS) is 10.3. The molecule has 6 nitrogen and oxygen atoms in total.